The number of hydrogen-bond acceptors (Lipinski definition) is 5. The van der Waals surface area contributed by atoms with Crippen LogP contribution in [0.15, 0.2) is 11.4 Å². The Balaban J connectivity index is 1.69. The minimum absolute atomic E-state index is 0.724. The van der Waals surface area contributed by atoms with Gasteiger partial charge in [-0.2, -0.15) is 4.98 Å². The molecule has 1 aliphatic carbocycles. The molecule has 2 heterocycles. The van der Waals surface area contributed by atoms with Gasteiger partial charge in [-0.3, -0.25) is 0 Å². The SMILES string of the molecule is CCNc1nc(NCCCC2CC2)c2ccsc2n1. The Morgan fingerprint density at radius 1 is 1.32 bits per heavy atom. The van der Waals surface area contributed by atoms with Crippen LogP contribution in [-0.4, -0.2) is 23.1 Å². The zero-order valence-electron chi connectivity index (χ0n) is 11.3. The standard InChI is InChI=1S/C14H20N4S/c1-2-15-14-17-12(11-7-9-19-13(11)18-14)16-8-3-4-10-5-6-10/h7,9-10H,2-6,8H2,1H3,(H2,15,16,17,18). The van der Waals surface area contributed by atoms with Gasteiger partial charge in [-0.1, -0.05) is 12.8 Å². The van der Waals surface area contributed by atoms with Crippen molar-refractivity contribution in [3.8, 4) is 0 Å². The van der Waals surface area contributed by atoms with Crippen LogP contribution in [0.3, 0.4) is 0 Å². The number of nitrogens with zero attached hydrogens (tertiary/aromatic N) is 2. The van der Waals surface area contributed by atoms with Crippen LogP contribution >= 0.6 is 11.3 Å². The van der Waals surface area contributed by atoms with E-state index in [9.17, 15) is 0 Å². The molecule has 19 heavy (non-hydrogen) atoms. The third-order valence-corrected chi connectivity index (χ3v) is 4.25. The molecule has 0 aliphatic heterocycles. The van der Waals surface area contributed by atoms with Gasteiger partial charge in [0.05, 0.1) is 5.39 Å². The van der Waals surface area contributed by atoms with Gasteiger partial charge >= 0.3 is 0 Å². The molecule has 0 amide bonds. The Morgan fingerprint density at radius 3 is 3.00 bits per heavy atom. The first-order chi connectivity index (χ1) is 9.36. The third kappa shape index (κ3) is 3.15. The number of thiophene rings is 1. The summed E-state index contributed by atoms with van der Waals surface area (Å²) in [4.78, 5) is 10.1. The Hall–Kier alpha value is -1.36. The molecule has 0 radical (unpaired) electrons. The van der Waals surface area contributed by atoms with Crippen molar-refractivity contribution >= 4 is 33.3 Å². The molecule has 1 fully saturated rings. The van der Waals surface area contributed by atoms with E-state index in [1.54, 1.807) is 11.3 Å². The lowest BCUT2D eigenvalue weighted by Gasteiger charge is -2.09. The van der Waals surface area contributed by atoms with Crippen LogP contribution in [0.1, 0.15) is 32.6 Å². The van der Waals surface area contributed by atoms with E-state index in [0.717, 1.165) is 41.0 Å². The second-order valence-corrected chi connectivity index (χ2v) is 5.97. The highest BCUT2D eigenvalue weighted by atomic mass is 32.1. The summed E-state index contributed by atoms with van der Waals surface area (Å²) < 4.78 is 0. The summed E-state index contributed by atoms with van der Waals surface area (Å²) in [5, 5.41) is 9.88. The topological polar surface area (TPSA) is 49.8 Å². The number of aromatic nitrogens is 2. The number of rotatable bonds is 7. The first kappa shape index (κ1) is 12.7. The summed E-state index contributed by atoms with van der Waals surface area (Å²) in [7, 11) is 0. The van der Waals surface area contributed by atoms with Crippen LogP contribution in [-0.2, 0) is 0 Å². The van der Waals surface area contributed by atoms with Crippen LogP contribution in [0.5, 0.6) is 0 Å². The molecular formula is C14H20N4S. The monoisotopic (exact) mass is 276 g/mol. The maximum Gasteiger partial charge on any atom is 0.226 e. The third-order valence-electron chi connectivity index (χ3n) is 3.44. The van der Waals surface area contributed by atoms with E-state index < -0.39 is 0 Å². The summed E-state index contributed by atoms with van der Waals surface area (Å²) in [5.74, 6) is 2.70. The molecule has 1 aliphatic rings. The average Bonchev–Trinajstić information content (AvgIpc) is 3.11. The lowest BCUT2D eigenvalue weighted by atomic mass is 10.2. The summed E-state index contributed by atoms with van der Waals surface area (Å²) in [6.07, 6.45) is 5.46. The molecule has 102 valence electrons. The lowest BCUT2D eigenvalue weighted by molar-refractivity contribution is 0.687. The molecule has 0 atom stereocenters. The van der Waals surface area contributed by atoms with E-state index >= 15 is 0 Å². The van der Waals surface area contributed by atoms with Crippen LogP contribution in [0.4, 0.5) is 11.8 Å². The normalized spacial score (nSPS) is 14.8. The van der Waals surface area contributed by atoms with Crippen LogP contribution in [0, 0.1) is 5.92 Å². The molecule has 4 nitrogen and oxygen atoms in total. The maximum absolute atomic E-state index is 4.57. The zero-order valence-corrected chi connectivity index (χ0v) is 12.1. The highest BCUT2D eigenvalue weighted by molar-refractivity contribution is 7.16. The van der Waals surface area contributed by atoms with Gasteiger partial charge in [0.1, 0.15) is 10.6 Å². The molecule has 0 spiro atoms. The molecule has 5 heteroatoms. The van der Waals surface area contributed by atoms with E-state index in [4.69, 9.17) is 0 Å². The molecule has 3 rings (SSSR count). The Labute approximate surface area is 117 Å². The van der Waals surface area contributed by atoms with Gasteiger partial charge in [0.2, 0.25) is 5.95 Å². The summed E-state index contributed by atoms with van der Waals surface area (Å²) in [6, 6.07) is 2.10. The molecule has 0 unspecified atom stereocenters. The van der Waals surface area contributed by atoms with Crippen molar-refractivity contribution in [2.45, 2.75) is 32.6 Å². The van der Waals surface area contributed by atoms with Gasteiger partial charge in [0.25, 0.3) is 0 Å². The van der Waals surface area contributed by atoms with Gasteiger partial charge in [0, 0.05) is 13.1 Å². The van der Waals surface area contributed by atoms with Gasteiger partial charge in [-0.25, -0.2) is 4.98 Å². The largest absolute Gasteiger partial charge is 0.369 e. The Morgan fingerprint density at radius 2 is 2.21 bits per heavy atom. The van der Waals surface area contributed by atoms with E-state index in [2.05, 4.69) is 39.0 Å². The van der Waals surface area contributed by atoms with Crippen molar-refractivity contribution in [3.05, 3.63) is 11.4 Å². The molecule has 0 saturated heterocycles. The fourth-order valence-electron chi connectivity index (χ4n) is 2.23. The Bertz CT molecular complexity index is 547. The van der Waals surface area contributed by atoms with E-state index in [0.29, 0.717) is 0 Å². The fraction of sp³-hybridized carbons (Fsp3) is 0.571. The van der Waals surface area contributed by atoms with E-state index in [-0.39, 0.29) is 0 Å². The number of anilines is 2. The van der Waals surface area contributed by atoms with Crippen molar-refractivity contribution in [2.75, 3.05) is 23.7 Å². The molecule has 0 bridgehead atoms. The molecular weight excluding hydrogens is 256 g/mol. The second kappa shape index (κ2) is 5.74. The van der Waals surface area contributed by atoms with Crippen molar-refractivity contribution in [1.29, 1.82) is 0 Å². The van der Waals surface area contributed by atoms with Crippen molar-refractivity contribution in [3.63, 3.8) is 0 Å². The number of nitrogens with one attached hydrogen (secondary N) is 2. The first-order valence-corrected chi connectivity index (χ1v) is 7.97. The zero-order chi connectivity index (χ0) is 13.1. The summed E-state index contributed by atoms with van der Waals surface area (Å²) >= 11 is 1.66. The van der Waals surface area contributed by atoms with Crippen LogP contribution < -0.4 is 10.6 Å². The Kier molecular flexibility index (Phi) is 3.82. The predicted molar refractivity (Wildman–Crippen MR) is 82.0 cm³/mol. The molecule has 2 aromatic heterocycles. The first-order valence-electron chi connectivity index (χ1n) is 7.10. The van der Waals surface area contributed by atoms with E-state index in [1.807, 2.05) is 0 Å². The fourth-order valence-corrected chi connectivity index (χ4v) is 3.00. The van der Waals surface area contributed by atoms with Crippen molar-refractivity contribution < 1.29 is 0 Å². The summed E-state index contributed by atoms with van der Waals surface area (Å²) in [5.41, 5.74) is 0. The summed E-state index contributed by atoms with van der Waals surface area (Å²) in [6.45, 7) is 3.91. The number of fused-ring (bicyclic) bond motifs is 1. The molecule has 2 aromatic rings. The smallest absolute Gasteiger partial charge is 0.226 e. The van der Waals surface area contributed by atoms with Gasteiger partial charge in [-0.05, 0) is 37.1 Å². The second-order valence-electron chi connectivity index (χ2n) is 5.08. The molecule has 2 N–H and O–H groups in total. The van der Waals surface area contributed by atoms with Crippen molar-refractivity contribution in [2.24, 2.45) is 5.92 Å². The van der Waals surface area contributed by atoms with Gasteiger partial charge < -0.3 is 10.6 Å². The predicted octanol–water partition coefficient (Wildman–Crippen LogP) is 3.73. The molecule has 1 saturated carbocycles. The highest BCUT2D eigenvalue weighted by Crippen LogP contribution is 2.33. The van der Waals surface area contributed by atoms with E-state index in [1.165, 1.54) is 25.7 Å². The number of hydrogen-bond donors (Lipinski definition) is 2. The van der Waals surface area contributed by atoms with Gasteiger partial charge in [0.15, 0.2) is 0 Å². The maximum atomic E-state index is 4.57. The quantitative estimate of drug-likeness (QED) is 0.757. The van der Waals surface area contributed by atoms with Crippen LogP contribution in [0.2, 0.25) is 0 Å². The average molecular weight is 276 g/mol. The van der Waals surface area contributed by atoms with Crippen LogP contribution in [0.25, 0.3) is 10.2 Å². The molecule has 0 aromatic carbocycles. The lowest BCUT2D eigenvalue weighted by Crippen LogP contribution is -2.08. The highest BCUT2D eigenvalue weighted by Gasteiger charge is 2.20. The van der Waals surface area contributed by atoms with Gasteiger partial charge in [-0.15, -0.1) is 11.3 Å². The minimum atomic E-state index is 0.724. The van der Waals surface area contributed by atoms with Crippen molar-refractivity contribution in [1.82, 2.24) is 9.97 Å². The minimum Gasteiger partial charge on any atom is -0.369 e.